The number of likely N-dealkylation sites (tertiary alicyclic amines) is 2. The quantitative estimate of drug-likeness (QED) is 0.672. The van der Waals surface area contributed by atoms with Gasteiger partial charge in [0.1, 0.15) is 0 Å². The topological polar surface area (TPSA) is 36.0 Å². The van der Waals surface area contributed by atoms with E-state index in [4.69, 9.17) is 4.84 Å². The average molecular weight is 241 g/mol. The van der Waals surface area contributed by atoms with Gasteiger partial charge in [0.25, 0.3) is 0 Å². The highest BCUT2D eigenvalue weighted by molar-refractivity contribution is 5.67. The Bertz CT molecular complexity index is 279. The Morgan fingerprint density at radius 2 is 1.71 bits per heavy atom. The fourth-order valence-corrected chi connectivity index (χ4v) is 2.81. The summed E-state index contributed by atoms with van der Waals surface area (Å²) < 4.78 is 0. The molecular weight excluding hydrogens is 218 g/mol. The van der Waals surface area contributed by atoms with E-state index in [0.717, 1.165) is 26.2 Å². The minimum atomic E-state index is -0.208. The molecule has 2 fully saturated rings. The Kier molecular flexibility index (Phi) is 3.58. The molecule has 0 bridgehead atoms. The van der Waals surface area contributed by atoms with E-state index in [-0.39, 0.29) is 6.09 Å². The molecule has 2 atom stereocenters. The molecule has 0 aliphatic carbocycles. The van der Waals surface area contributed by atoms with Gasteiger partial charge < -0.3 is 14.6 Å². The number of hydrogen-bond acceptors (Lipinski definition) is 4. The number of carbonyl (C=O) groups excluding carboxylic acids is 1. The second kappa shape index (κ2) is 4.82. The molecule has 0 unspecified atom stereocenters. The second-order valence-corrected chi connectivity index (χ2v) is 5.64. The Morgan fingerprint density at radius 3 is 2.12 bits per heavy atom. The van der Waals surface area contributed by atoms with Crippen LogP contribution in [0.3, 0.4) is 0 Å². The van der Waals surface area contributed by atoms with Crippen LogP contribution in [0.1, 0.15) is 13.8 Å². The van der Waals surface area contributed by atoms with Crippen LogP contribution < -0.4 is 0 Å². The van der Waals surface area contributed by atoms with Crippen molar-refractivity contribution in [1.29, 1.82) is 0 Å². The van der Waals surface area contributed by atoms with Gasteiger partial charge in [-0.25, -0.2) is 4.79 Å². The van der Waals surface area contributed by atoms with E-state index < -0.39 is 0 Å². The smallest absolute Gasteiger partial charge is 0.351 e. The van der Waals surface area contributed by atoms with Gasteiger partial charge in [0.05, 0.1) is 0 Å². The molecule has 5 heteroatoms. The zero-order valence-electron chi connectivity index (χ0n) is 11.2. The Balaban J connectivity index is 1.85. The summed E-state index contributed by atoms with van der Waals surface area (Å²) in [6.45, 7) is 8.40. The maximum atomic E-state index is 11.8. The normalized spacial score (nSPS) is 29.2. The molecule has 2 aliphatic rings. The van der Waals surface area contributed by atoms with E-state index in [1.54, 1.807) is 14.1 Å². The van der Waals surface area contributed by atoms with Crippen LogP contribution in [0.25, 0.3) is 0 Å². The van der Waals surface area contributed by atoms with Gasteiger partial charge in [-0.1, -0.05) is 0 Å². The van der Waals surface area contributed by atoms with Crippen molar-refractivity contribution in [3.05, 3.63) is 0 Å². The van der Waals surface area contributed by atoms with Crippen LogP contribution in [-0.2, 0) is 4.84 Å². The van der Waals surface area contributed by atoms with Crippen LogP contribution in [-0.4, -0.2) is 67.3 Å². The number of fused-ring (bicyclic) bond motifs is 1. The Morgan fingerprint density at radius 1 is 1.18 bits per heavy atom. The van der Waals surface area contributed by atoms with Gasteiger partial charge in [0.2, 0.25) is 0 Å². The fourth-order valence-electron chi connectivity index (χ4n) is 2.81. The average Bonchev–Trinajstić information content (AvgIpc) is 2.71. The third-order valence-electron chi connectivity index (χ3n) is 3.76. The van der Waals surface area contributed by atoms with Gasteiger partial charge in [0, 0.05) is 46.3 Å². The molecule has 17 heavy (non-hydrogen) atoms. The largest absolute Gasteiger partial charge is 0.428 e. The SMILES string of the molecule is CC(C)N1C[C@H]2CN(C(=O)ON(C)C)C[C@H]2C1. The van der Waals surface area contributed by atoms with Crippen LogP contribution >= 0.6 is 0 Å². The molecule has 2 saturated heterocycles. The zero-order valence-corrected chi connectivity index (χ0v) is 11.2. The number of hydroxylamine groups is 2. The van der Waals surface area contributed by atoms with Crippen molar-refractivity contribution in [2.45, 2.75) is 19.9 Å². The monoisotopic (exact) mass is 241 g/mol. The third kappa shape index (κ3) is 2.72. The second-order valence-electron chi connectivity index (χ2n) is 5.64. The first-order valence-corrected chi connectivity index (χ1v) is 6.35. The molecule has 0 N–H and O–H groups in total. The van der Waals surface area contributed by atoms with Crippen molar-refractivity contribution in [3.63, 3.8) is 0 Å². The number of rotatable bonds is 2. The lowest BCUT2D eigenvalue weighted by Crippen LogP contribution is -2.37. The van der Waals surface area contributed by atoms with E-state index >= 15 is 0 Å². The molecule has 2 heterocycles. The minimum absolute atomic E-state index is 0.208. The lowest BCUT2D eigenvalue weighted by molar-refractivity contribution is -0.0701. The first kappa shape index (κ1) is 12.6. The van der Waals surface area contributed by atoms with Crippen LogP contribution in [0.4, 0.5) is 4.79 Å². The summed E-state index contributed by atoms with van der Waals surface area (Å²) in [6, 6.07) is 0.614. The molecule has 5 nitrogen and oxygen atoms in total. The van der Waals surface area contributed by atoms with E-state index in [2.05, 4.69) is 18.7 Å². The van der Waals surface area contributed by atoms with Crippen molar-refractivity contribution in [2.24, 2.45) is 11.8 Å². The van der Waals surface area contributed by atoms with Gasteiger partial charge in [-0.2, -0.15) is 0 Å². The van der Waals surface area contributed by atoms with Crippen LogP contribution in [0.2, 0.25) is 0 Å². The summed E-state index contributed by atoms with van der Waals surface area (Å²) in [4.78, 5) is 21.2. The van der Waals surface area contributed by atoms with E-state index in [0.29, 0.717) is 17.9 Å². The van der Waals surface area contributed by atoms with Crippen molar-refractivity contribution < 1.29 is 9.63 Å². The highest BCUT2D eigenvalue weighted by Crippen LogP contribution is 2.32. The van der Waals surface area contributed by atoms with Crippen molar-refractivity contribution in [2.75, 3.05) is 40.3 Å². The predicted molar refractivity (Wildman–Crippen MR) is 65.4 cm³/mol. The summed E-state index contributed by atoms with van der Waals surface area (Å²) in [5.41, 5.74) is 0. The maximum absolute atomic E-state index is 11.8. The first-order chi connectivity index (χ1) is 7.97. The lowest BCUT2D eigenvalue weighted by Gasteiger charge is -2.24. The predicted octanol–water partition coefficient (Wildman–Crippen LogP) is 0.872. The van der Waals surface area contributed by atoms with Crippen molar-refractivity contribution >= 4 is 6.09 Å². The molecule has 2 aliphatic heterocycles. The number of carbonyl (C=O) groups is 1. The van der Waals surface area contributed by atoms with Gasteiger partial charge in [-0.05, 0) is 25.7 Å². The van der Waals surface area contributed by atoms with E-state index in [1.807, 2.05) is 4.90 Å². The molecule has 0 aromatic rings. The van der Waals surface area contributed by atoms with Crippen molar-refractivity contribution in [3.8, 4) is 0 Å². The highest BCUT2D eigenvalue weighted by Gasteiger charge is 2.42. The number of amides is 1. The summed E-state index contributed by atoms with van der Waals surface area (Å²) in [5, 5.41) is 1.46. The van der Waals surface area contributed by atoms with Crippen LogP contribution in [0.15, 0.2) is 0 Å². The van der Waals surface area contributed by atoms with E-state index in [1.165, 1.54) is 5.06 Å². The minimum Gasteiger partial charge on any atom is -0.351 e. The van der Waals surface area contributed by atoms with Gasteiger partial charge >= 0.3 is 6.09 Å². The number of hydrogen-bond donors (Lipinski definition) is 0. The lowest BCUT2D eigenvalue weighted by atomic mass is 10.0. The molecule has 2 rings (SSSR count). The first-order valence-electron chi connectivity index (χ1n) is 6.35. The Labute approximate surface area is 103 Å². The summed E-state index contributed by atoms with van der Waals surface area (Å²) in [6.07, 6.45) is -0.208. The van der Waals surface area contributed by atoms with Gasteiger partial charge in [-0.3, -0.25) is 0 Å². The molecule has 0 aromatic heterocycles. The maximum Gasteiger partial charge on any atom is 0.428 e. The molecule has 98 valence electrons. The number of nitrogens with zero attached hydrogens (tertiary/aromatic N) is 3. The molecule has 0 saturated carbocycles. The molecular formula is C12H23N3O2. The van der Waals surface area contributed by atoms with E-state index in [9.17, 15) is 4.79 Å². The van der Waals surface area contributed by atoms with Crippen molar-refractivity contribution in [1.82, 2.24) is 14.9 Å². The van der Waals surface area contributed by atoms with Crippen LogP contribution in [0, 0.1) is 11.8 Å². The molecule has 0 spiro atoms. The van der Waals surface area contributed by atoms with Gasteiger partial charge in [0.15, 0.2) is 0 Å². The third-order valence-corrected chi connectivity index (χ3v) is 3.76. The highest BCUT2D eigenvalue weighted by atomic mass is 16.7. The molecule has 0 aromatic carbocycles. The summed E-state index contributed by atoms with van der Waals surface area (Å²) >= 11 is 0. The van der Waals surface area contributed by atoms with Gasteiger partial charge in [-0.15, -0.1) is 5.06 Å². The summed E-state index contributed by atoms with van der Waals surface area (Å²) in [5.74, 6) is 1.26. The Hall–Kier alpha value is -0.810. The van der Waals surface area contributed by atoms with Crippen LogP contribution in [0.5, 0.6) is 0 Å². The summed E-state index contributed by atoms with van der Waals surface area (Å²) in [7, 11) is 3.46. The molecule has 1 amide bonds. The standard InChI is InChI=1S/C12H23N3O2/c1-9(2)14-5-10-7-15(8-11(10)6-14)12(16)17-13(3)4/h9-11H,5-8H2,1-4H3/t10-,11+. The zero-order chi connectivity index (χ0) is 12.6. The molecule has 0 radical (unpaired) electrons. The fraction of sp³-hybridized carbons (Fsp3) is 0.917.